The second kappa shape index (κ2) is 14.3. The molecule has 1 aliphatic carbocycles. The average molecular weight is 466 g/mol. The van der Waals surface area contributed by atoms with Gasteiger partial charge in [0.1, 0.15) is 11.6 Å². The van der Waals surface area contributed by atoms with Gasteiger partial charge in [0.05, 0.1) is 24.4 Å². The standard InChI is InChI=1S/C26H33N3O3.C2H6/c1-4-32-24-13-9-8-12-21(24)25-28-23(14-16-27-31)22(18-19(2)3)26(30)29(25)17-15-20-10-6-5-7-11-20;1-2/h6,8-13,19H,4-5,7,14-18H2,1-3H3;1-2H3. The van der Waals surface area contributed by atoms with Gasteiger partial charge in [0.25, 0.3) is 5.56 Å². The Morgan fingerprint density at radius 1 is 1.15 bits per heavy atom. The highest BCUT2D eigenvalue weighted by atomic mass is 16.5. The fourth-order valence-corrected chi connectivity index (χ4v) is 4.05. The van der Waals surface area contributed by atoms with Crippen LogP contribution in [0.1, 0.15) is 65.1 Å². The van der Waals surface area contributed by atoms with Crippen molar-refractivity contribution < 1.29 is 4.74 Å². The Kier molecular flexibility index (Phi) is 11.4. The largest absolute Gasteiger partial charge is 0.493 e. The lowest BCUT2D eigenvalue weighted by Crippen LogP contribution is -2.30. The van der Waals surface area contributed by atoms with Gasteiger partial charge in [-0.25, -0.2) is 4.98 Å². The zero-order valence-electron chi connectivity index (χ0n) is 21.3. The van der Waals surface area contributed by atoms with E-state index in [1.54, 1.807) is 4.57 Å². The molecule has 0 fully saturated rings. The van der Waals surface area contributed by atoms with Gasteiger partial charge in [-0.05, 0) is 50.7 Å². The molecule has 0 atom stereocenters. The van der Waals surface area contributed by atoms with Crippen molar-refractivity contribution in [1.82, 2.24) is 9.55 Å². The molecule has 0 radical (unpaired) electrons. The van der Waals surface area contributed by atoms with Crippen molar-refractivity contribution in [2.24, 2.45) is 11.1 Å². The second-order valence-corrected chi connectivity index (χ2v) is 8.46. The third-order valence-corrected chi connectivity index (χ3v) is 5.52. The molecule has 0 aliphatic heterocycles. The van der Waals surface area contributed by atoms with E-state index in [9.17, 15) is 9.70 Å². The summed E-state index contributed by atoms with van der Waals surface area (Å²) in [5.74, 6) is 1.59. The second-order valence-electron chi connectivity index (χ2n) is 8.46. The number of hydrogen-bond acceptors (Lipinski definition) is 5. The number of nitroso groups, excluding NO2 is 1. The van der Waals surface area contributed by atoms with E-state index >= 15 is 0 Å². The van der Waals surface area contributed by atoms with E-state index in [-0.39, 0.29) is 12.1 Å². The van der Waals surface area contributed by atoms with Crippen LogP contribution in [-0.4, -0.2) is 22.7 Å². The predicted octanol–water partition coefficient (Wildman–Crippen LogP) is 6.51. The van der Waals surface area contributed by atoms with Crippen LogP contribution in [0, 0.1) is 10.8 Å². The Labute approximate surface area is 203 Å². The van der Waals surface area contributed by atoms with E-state index in [2.05, 4.69) is 37.3 Å². The predicted molar refractivity (Wildman–Crippen MR) is 140 cm³/mol. The topological polar surface area (TPSA) is 73.6 Å². The summed E-state index contributed by atoms with van der Waals surface area (Å²) in [7, 11) is 0. The van der Waals surface area contributed by atoms with Gasteiger partial charge in [-0.3, -0.25) is 9.36 Å². The van der Waals surface area contributed by atoms with Gasteiger partial charge < -0.3 is 4.74 Å². The summed E-state index contributed by atoms with van der Waals surface area (Å²) < 4.78 is 7.64. The molecule has 1 aromatic heterocycles. The third kappa shape index (κ3) is 7.24. The van der Waals surface area contributed by atoms with Gasteiger partial charge in [0, 0.05) is 18.5 Å². The number of para-hydroxylation sites is 1. The summed E-state index contributed by atoms with van der Waals surface area (Å²) in [5, 5.41) is 3.01. The Morgan fingerprint density at radius 3 is 2.56 bits per heavy atom. The highest BCUT2D eigenvalue weighted by Gasteiger charge is 2.21. The monoisotopic (exact) mass is 465 g/mol. The van der Waals surface area contributed by atoms with Crippen LogP contribution in [0.5, 0.6) is 5.75 Å². The highest BCUT2D eigenvalue weighted by Crippen LogP contribution is 2.29. The first-order chi connectivity index (χ1) is 16.5. The van der Waals surface area contributed by atoms with E-state index in [0.29, 0.717) is 54.7 Å². The van der Waals surface area contributed by atoms with E-state index in [4.69, 9.17) is 9.72 Å². The lowest BCUT2D eigenvalue weighted by molar-refractivity contribution is 0.341. The Bertz CT molecular complexity index is 1050. The molecule has 0 spiro atoms. The van der Waals surface area contributed by atoms with Gasteiger partial charge in [-0.15, -0.1) is 0 Å². The maximum Gasteiger partial charge on any atom is 0.257 e. The molecule has 0 bridgehead atoms. The third-order valence-electron chi connectivity index (χ3n) is 5.52. The van der Waals surface area contributed by atoms with E-state index in [1.165, 1.54) is 5.57 Å². The fraction of sp³-hybridized carbons (Fsp3) is 0.500. The van der Waals surface area contributed by atoms with Gasteiger partial charge >= 0.3 is 0 Å². The summed E-state index contributed by atoms with van der Waals surface area (Å²) in [6.07, 6.45) is 10.4. The van der Waals surface area contributed by atoms with Crippen LogP contribution in [0.3, 0.4) is 0 Å². The zero-order valence-corrected chi connectivity index (χ0v) is 21.3. The Hall–Kier alpha value is -3.02. The molecule has 0 unspecified atom stereocenters. The first-order valence-electron chi connectivity index (χ1n) is 12.5. The molecule has 3 rings (SSSR count). The molecule has 1 aliphatic rings. The SMILES string of the molecule is CC.CCOc1ccccc1-c1nc(CCN=O)c(CC(C)C)c(=O)n1CCC1=CCCC=C1. The molecule has 0 saturated heterocycles. The molecule has 1 heterocycles. The number of nitrogens with zero attached hydrogens (tertiary/aromatic N) is 3. The number of ether oxygens (including phenoxy) is 1. The summed E-state index contributed by atoms with van der Waals surface area (Å²) >= 11 is 0. The molecule has 0 amide bonds. The van der Waals surface area contributed by atoms with Crippen LogP contribution < -0.4 is 10.3 Å². The zero-order chi connectivity index (χ0) is 24.9. The lowest BCUT2D eigenvalue weighted by atomic mass is 10.00. The van der Waals surface area contributed by atoms with Gasteiger partial charge in [0.15, 0.2) is 0 Å². The number of aromatic nitrogens is 2. The molecular weight excluding hydrogens is 426 g/mol. The van der Waals surface area contributed by atoms with Crippen LogP contribution in [0.2, 0.25) is 0 Å². The summed E-state index contributed by atoms with van der Waals surface area (Å²) in [6.45, 7) is 11.3. The number of hydrogen-bond donors (Lipinski definition) is 0. The minimum absolute atomic E-state index is 0.0312. The summed E-state index contributed by atoms with van der Waals surface area (Å²) in [5.41, 5.74) is 3.35. The average Bonchev–Trinajstić information content (AvgIpc) is 2.86. The first kappa shape index (κ1) is 27.2. The van der Waals surface area contributed by atoms with Crippen molar-refractivity contribution in [2.45, 2.75) is 73.3 Å². The van der Waals surface area contributed by atoms with Crippen molar-refractivity contribution in [1.29, 1.82) is 0 Å². The smallest absolute Gasteiger partial charge is 0.257 e. The summed E-state index contributed by atoms with van der Waals surface area (Å²) in [4.78, 5) is 29.5. The fourth-order valence-electron chi connectivity index (χ4n) is 4.05. The number of benzene rings is 1. The van der Waals surface area contributed by atoms with E-state index in [0.717, 1.165) is 24.8 Å². The van der Waals surface area contributed by atoms with Crippen molar-refractivity contribution in [3.63, 3.8) is 0 Å². The van der Waals surface area contributed by atoms with Crippen LogP contribution in [0.4, 0.5) is 0 Å². The molecule has 0 saturated carbocycles. The Morgan fingerprint density at radius 2 is 1.91 bits per heavy atom. The molecule has 184 valence electrons. The molecule has 6 heteroatoms. The quantitative estimate of drug-likeness (QED) is 0.355. The molecule has 0 N–H and O–H groups in total. The van der Waals surface area contributed by atoms with Gasteiger partial charge in [0.2, 0.25) is 0 Å². The normalized spacial score (nSPS) is 12.7. The maximum atomic E-state index is 13.8. The molecule has 34 heavy (non-hydrogen) atoms. The lowest BCUT2D eigenvalue weighted by Gasteiger charge is -2.20. The summed E-state index contributed by atoms with van der Waals surface area (Å²) in [6, 6.07) is 7.68. The molecular formula is C28H39N3O3. The van der Waals surface area contributed by atoms with Gasteiger partial charge in [-0.1, -0.05) is 68.8 Å². The maximum absolute atomic E-state index is 13.8. The van der Waals surface area contributed by atoms with Gasteiger partial charge in [-0.2, -0.15) is 4.91 Å². The molecule has 1 aromatic carbocycles. The van der Waals surface area contributed by atoms with Crippen molar-refractivity contribution >= 4 is 0 Å². The Balaban J connectivity index is 0.00000199. The minimum atomic E-state index is -0.0312. The highest BCUT2D eigenvalue weighted by molar-refractivity contribution is 5.65. The van der Waals surface area contributed by atoms with Crippen molar-refractivity contribution in [2.75, 3.05) is 13.2 Å². The van der Waals surface area contributed by atoms with Crippen molar-refractivity contribution in [3.05, 3.63) is 74.6 Å². The molecule has 6 nitrogen and oxygen atoms in total. The van der Waals surface area contributed by atoms with Crippen LogP contribution in [0.25, 0.3) is 11.4 Å². The number of allylic oxidation sites excluding steroid dienone is 4. The van der Waals surface area contributed by atoms with Crippen LogP contribution >= 0.6 is 0 Å². The van der Waals surface area contributed by atoms with Crippen LogP contribution in [-0.2, 0) is 19.4 Å². The van der Waals surface area contributed by atoms with Crippen LogP contribution in [0.15, 0.2) is 58.0 Å². The van der Waals surface area contributed by atoms with E-state index < -0.39 is 0 Å². The van der Waals surface area contributed by atoms with Crippen molar-refractivity contribution in [3.8, 4) is 17.1 Å². The van der Waals surface area contributed by atoms with E-state index in [1.807, 2.05) is 45.0 Å². The molecule has 2 aromatic rings. The minimum Gasteiger partial charge on any atom is -0.493 e. The number of rotatable bonds is 11. The first-order valence-corrected chi connectivity index (χ1v) is 12.5.